The summed E-state index contributed by atoms with van der Waals surface area (Å²) in [4.78, 5) is 15.4. The zero-order valence-corrected chi connectivity index (χ0v) is 12.0. The summed E-state index contributed by atoms with van der Waals surface area (Å²) in [6, 6.07) is 12.6. The van der Waals surface area contributed by atoms with Gasteiger partial charge in [0.2, 0.25) is 5.89 Å². The van der Waals surface area contributed by atoms with Crippen molar-refractivity contribution in [3.63, 3.8) is 0 Å². The van der Waals surface area contributed by atoms with Crippen LogP contribution < -0.4 is 0 Å². The van der Waals surface area contributed by atoms with Gasteiger partial charge in [0.05, 0.1) is 16.5 Å². The number of carbonyl (C=O) groups is 1. The molecule has 1 unspecified atom stereocenters. The average molecular weight is 302 g/mol. The summed E-state index contributed by atoms with van der Waals surface area (Å²) < 4.78 is 5.67. The zero-order valence-electron chi connectivity index (χ0n) is 11.2. The predicted octanol–water partition coefficient (Wildman–Crippen LogP) is 4.34. The Morgan fingerprint density at radius 3 is 2.71 bits per heavy atom. The SMILES string of the molecule is CC(C(=O)O)c1ccc(-c2nc3ccccc3o2)c(Cl)c1. The molecule has 21 heavy (non-hydrogen) atoms. The lowest BCUT2D eigenvalue weighted by molar-refractivity contribution is -0.138. The monoisotopic (exact) mass is 301 g/mol. The first kappa shape index (κ1) is 13.6. The lowest BCUT2D eigenvalue weighted by atomic mass is 10.00. The smallest absolute Gasteiger partial charge is 0.310 e. The summed E-state index contributed by atoms with van der Waals surface area (Å²) >= 11 is 6.25. The lowest BCUT2D eigenvalue weighted by Crippen LogP contribution is -2.07. The van der Waals surface area contributed by atoms with Crippen molar-refractivity contribution in [1.82, 2.24) is 4.98 Å². The van der Waals surface area contributed by atoms with Gasteiger partial charge in [-0.15, -0.1) is 0 Å². The third kappa shape index (κ3) is 2.50. The Morgan fingerprint density at radius 2 is 2.05 bits per heavy atom. The van der Waals surface area contributed by atoms with Gasteiger partial charge in [0.1, 0.15) is 5.52 Å². The summed E-state index contributed by atoms with van der Waals surface area (Å²) in [5.74, 6) is -1.07. The van der Waals surface area contributed by atoms with E-state index in [1.54, 1.807) is 25.1 Å². The van der Waals surface area contributed by atoms with Crippen LogP contribution in [0.3, 0.4) is 0 Å². The fourth-order valence-corrected chi connectivity index (χ4v) is 2.37. The molecule has 4 nitrogen and oxygen atoms in total. The molecule has 0 saturated carbocycles. The molecule has 5 heteroatoms. The highest BCUT2D eigenvalue weighted by Crippen LogP contribution is 2.32. The molecular weight excluding hydrogens is 290 g/mol. The maximum absolute atomic E-state index is 11.0. The quantitative estimate of drug-likeness (QED) is 0.781. The standard InChI is InChI=1S/C16H12ClNO3/c1-9(16(19)20)10-6-7-11(12(17)8-10)15-18-13-4-2-3-5-14(13)21-15/h2-9H,1H3,(H,19,20). The molecule has 3 rings (SSSR count). The van der Waals surface area contributed by atoms with E-state index in [2.05, 4.69) is 4.98 Å². The van der Waals surface area contributed by atoms with Gasteiger partial charge >= 0.3 is 5.97 Å². The molecule has 2 aromatic carbocycles. The van der Waals surface area contributed by atoms with Gasteiger partial charge in [-0.25, -0.2) is 4.98 Å². The number of oxazole rings is 1. The Labute approximate surface area is 126 Å². The van der Waals surface area contributed by atoms with Crippen LogP contribution in [0.1, 0.15) is 18.4 Å². The van der Waals surface area contributed by atoms with Crippen molar-refractivity contribution in [3.8, 4) is 11.5 Å². The van der Waals surface area contributed by atoms with Crippen molar-refractivity contribution in [2.24, 2.45) is 0 Å². The summed E-state index contributed by atoms with van der Waals surface area (Å²) in [6.45, 7) is 1.62. The van der Waals surface area contributed by atoms with Crippen LogP contribution in [0.2, 0.25) is 5.02 Å². The number of nitrogens with zero attached hydrogens (tertiary/aromatic N) is 1. The molecule has 106 valence electrons. The molecule has 0 radical (unpaired) electrons. The van der Waals surface area contributed by atoms with E-state index in [1.165, 1.54) is 0 Å². The van der Waals surface area contributed by atoms with Gasteiger partial charge in [-0.1, -0.05) is 29.8 Å². The Morgan fingerprint density at radius 1 is 1.29 bits per heavy atom. The van der Waals surface area contributed by atoms with Crippen LogP contribution in [-0.2, 0) is 4.79 Å². The zero-order chi connectivity index (χ0) is 15.0. The number of halogens is 1. The van der Waals surface area contributed by atoms with E-state index >= 15 is 0 Å². The molecule has 0 bridgehead atoms. The average Bonchev–Trinajstić information content (AvgIpc) is 2.89. The van der Waals surface area contributed by atoms with Crippen molar-refractivity contribution in [2.75, 3.05) is 0 Å². The molecule has 0 saturated heterocycles. The Bertz CT molecular complexity index is 792. The lowest BCUT2D eigenvalue weighted by Gasteiger charge is -2.08. The van der Waals surface area contributed by atoms with Crippen LogP contribution in [0, 0.1) is 0 Å². The topological polar surface area (TPSA) is 63.3 Å². The molecule has 0 spiro atoms. The van der Waals surface area contributed by atoms with Gasteiger partial charge < -0.3 is 9.52 Å². The van der Waals surface area contributed by atoms with Gasteiger partial charge in [0, 0.05) is 0 Å². The number of aromatic nitrogens is 1. The Kier molecular flexibility index (Phi) is 3.39. The molecule has 0 fully saturated rings. The molecule has 3 aromatic rings. The minimum Gasteiger partial charge on any atom is -0.481 e. The van der Waals surface area contributed by atoms with Gasteiger partial charge in [0.15, 0.2) is 5.58 Å². The van der Waals surface area contributed by atoms with Gasteiger partial charge in [-0.2, -0.15) is 0 Å². The molecule has 1 N–H and O–H groups in total. The number of fused-ring (bicyclic) bond motifs is 1. The van der Waals surface area contributed by atoms with Crippen LogP contribution in [-0.4, -0.2) is 16.1 Å². The van der Waals surface area contributed by atoms with Crippen molar-refractivity contribution < 1.29 is 14.3 Å². The molecule has 1 atom stereocenters. The second-order valence-corrected chi connectivity index (χ2v) is 5.19. The van der Waals surface area contributed by atoms with Crippen LogP contribution in [0.25, 0.3) is 22.6 Å². The largest absolute Gasteiger partial charge is 0.481 e. The van der Waals surface area contributed by atoms with Crippen LogP contribution in [0.5, 0.6) is 0 Å². The van der Waals surface area contributed by atoms with E-state index in [1.807, 2.05) is 24.3 Å². The number of para-hydroxylation sites is 2. The number of carboxylic acid groups (broad SMARTS) is 1. The number of aliphatic carboxylic acids is 1. The number of rotatable bonds is 3. The first-order valence-corrected chi connectivity index (χ1v) is 6.82. The van der Waals surface area contributed by atoms with Crippen molar-refractivity contribution >= 4 is 28.7 Å². The van der Waals surface area contributed by atoms with E-state index in [0.29, 0.717) is 27.6 Å². The van der Waals surface area contributed by atoms with Crippen molar-refractivity contribution in [3.05, 3.63) is 53.1 Å². The molecule has 0 aliphatic carbocycles. The highest BCUT2D eigenvalue weighted by molar-refractivity contribution is 6.33. The molecule has 0 aliphatic rings. The van der Waals surface area contributed by atoms with Gasteiger partial charge in [-0.3, -0.25) is 4.79 Å². The number of hydrogen-bond acceptors (Lipinski definition) is 3. The van der Waals surface area contributed by atoms with E-state index in [-0.39, 0.29) is 0 Å². The number of carboxylic acids is 1. The highest BCUT2D eigenvalue weighted by atomic mass is 35.5. The molecule has 0 amide bonds. The van der Waals surface area contributed by atoms with Gasteiger partial charge in [-0.05, 0) is 36.8 Å². The Hall–Kier alpha value is -2.33. The van der Waals surface area contributed by atoms with Crippen LogP contribution in [0.15, 0.2) is 46.9 Å². The maximum Gasteiger partial charge on any atom is 0.310 e. The summed E-state index contributed by atoms with van der Waals surface area (Å²) in [7, 11) is 0. The van der Waals surface area contributed by atoms with Crippen LogP contribution in [0.4, 0.5) is 0 Å². The minimum absolute atomic E-state index is 0.423. The maximum atomic E-state index is 11.0. The van der Waals surface area contributed by atoms with E-state index in [4.69, 9.17) is 21.1 Å². The third-order valence-corrected chi connectivity index (χ3v) is 3.70. The fourth-order valence-electron chi connectivity index (χ4n) is 2.10. The normalized spacial score (nSPS) is 12.5. The summed E-state index contributed by atoms with van der Waals surface area (Å²) in [6.07, 6.45) is 0. The second kappa shape index (κ2) is 5.22. The molecule has 1 aromatic heterocycles. The Balaban J connectivity index is 2.04. The predicted molar refractivity (Wildman–Crippen MR) is 80.5 cm³/mol. The molecular formula is C16H12ClNO3. The third-order valence-electron chi connectivity index (χ3n) is 3.39. The van der Waals surface area contributed by atoms with E-state index in [9.17, 15) is 4.79 Å². The highest BCUT2D eigenvalue weighted by Gasteiger charge is 2.17. The van der Waals surface area contributed by atoms with Gasteiger partial charge in [0.25, 0.3) is 0 Å². The number of benzene rings is 2. The van der Waals surface area contributed by atoms with Crippen LogP contribution >= 0.6 is 11.6 Å². The van der Waals surface area contributed by atoms with E-state index in [0.717, 1.165) is 5.52 Å². The summed E-state index contributed by atoms with van der Waals surface area (Å²) in [5.41, 5.74) is 2.74. The first-order chi connectivity index (χ1) is 10.1. The van der Waals surface area contributed by atoms with Crippen molar-refractivity contribution in [2.45, 2.75) is 12.8 Å². The molecule has 1 heterocycles. The second-order valence-electron chi connectivity index (χ2n) is 4.79. The molecule has 0 aliphatic heterocycles. The fraction of sp³-hybridized carbons (Fsp3) is 0.125. The number of hydrogen-bond donors (Lipinski definition) is 1. The summed E-state index contributed by atoms with van der Waals surface area (Å²) in [5, 5.41) is 9.46. The minimum atomic E-state index is -0.888. The van der Waals surface area contributed by atoms with Crippen molar-refractivity contribution in [1.29, 1.82) is 0 Å². The van der Waals surface area contributed by atoms with E-state index < -0.39 is 11.9 Å². The first-order valence-electron chi connectivity index (χ1n) is 6.44.